The molecule has 0 atom stereocenters. The van der Waals surface area contributed by atoms with Crippen molar-refractivity contribution in [2.24, 2.45) is 0 Å². The van der Waals surface area contributed by atoms with Crippen molar-refractivity contribution in [2.45, 2.75) is 26.2 Å². The zero-order valence-corrected chi connectivity index (χ0v) is 17.1. The van der Waals surface area contributed by atoms with E-state index in [-0.39, 0.29) is 18.0 Å². The van der Waals surface area contributed by atoms with Gasteiger partial charge in [0.15, 0.2) is 11.6 Å². The first-order valence-corrected chi connectivity index (χ1v) is 9.88. The van der Waals surface area contributed by atoms with Crippen molar-refractivity contribution in [1.82, 2.24) is 19.7 Å². The van der Waals surface area contributed by atoms with E-state index in [4.69, 9.17) is 9.47 Å². The number of amides is 2. The van der Waals surface area contributed by atoms with Crippen LogP contribution >= 0.6 is 0 Å². The van der Waals surface area contributed by atoms with Crippen LogP contribution in [0.3, 0.4) is 0 Å². The van der Waals surface area contributed by atoms with E-state index in [0.717, 1.165) is 12.1 Å². The van der Waals surface area contributed by atoms with Gasteiger partial charge in [-0.1, -0.05) is 0 Å². The molecule has 0 saturated carbocycles. The van der Waals surface area contributed by atoms with Crippen molar-refractivity contribution < 1.29 is 27.4 Å². The quantitative estimate of drug-likeness (QED) is 0.621. The van der Waals surface area contributed by atoms with Crippen molar-refractivity contribution in [2.75, 3.05) is 18.5 Å². The van der Waals surface area contributed by atoms with E-state index >= 15 is 0 Å². The lowest BCUT2D eigenvalue weighted by atomic mass is 10.1. The van der Waals surface area contributed by atoms with Crippen molar-refractivity contribution in [3.63, 3.8) is 0 Å². The van der Waals surface area contributed by atoms with Gasteiger partial charge in [0.1, 0.15) is 17.8 Å². The molecule has 2 aromatic carbocycles. The maximum Gasteiger partial charge on any atom is 0.416 e. The summed E-state index contributed by atoms with van der Waals surface area (Å²) in [6, 6.07) is 9.02. The molecule has 168 valence electrons. The van der Waals surface area contributed by atoms with Crippen LogP contribution < -0.4 is 14.8 Å². The van der Waals surface area contributed by atoms with E-state index < -0.39 is 17.8 Å². The Labute approximate surface area is 181 Å². The number of rotatable bonds is 5. The summed E-state index contributed by atoms with van der Waals surface area (Å²) >= 11 is 0. The molecule has 0 fully saturated rings. The van der Waals surface area contributed by atoms with Crippen LogP contribution in [0.2, 0.25) is 0 Å². The molecular weight excluding hydrogens is 427 g/mol. The Balaban J connectivity index is 1.56. The van der Waals surface area contributed by atoms with Gasteiger partial charge in [-0.05, 0) is 49.4 Å². The molecule has 0 spiro atoms. The summed E-state index contributed by atoms with van der Waals surface area (Å²) in [7, 11) is 0. The summed E-state index contributed by atoms with van der Waals surface area (Å²) in [5, 5.41) is 10.3. The molecule has 0 bridgehead atoms. The average molecular weight is 447 g/mol. The van der Waals surface area contributed by atoms with Crippen LogP contribution in [0.4, 0.5) is 23.7 Å². The topological polar surface area (TPSA) is 81.5 Å². The molecule has 0 saturated heterocycles. The van der Waals surface area contributed by atoms with Crippen LogP contribution in [-0.2, 0) is 19.3 Å². The molecular formula is C21H20F3N5O3. The smallest absolute Gasteiger partial charge is 0.416 e. The molecule has 11 heteroatoms. The highest BCUT2D eigenvalue weighted by Crippen LogP contribution is 2.37. The van der Waals surface area contributed by atoms with Crippen LogP contribution in [0.25, 0.3) is 0 Å². The van der Waals surface area contributed by atoms with Gasteiger partial charge in [-0.3, -0.25) is 0 Å². The Morgan fingerprint density at radius 2 is 1.88 bits per heavy atom. The number of ether oxygens (including phenoxy) is 2. The molecule has 4 rings (SSSR count). The Morgan fingerprint density at radius 1 is 1.12 bits per heavy atom. The summed E-state index contributed by atoms with van der Waals surface area (Å²) in [4.78, 5) is 14.2. The van der Waals surface area contributed by atoms with E-state index in [1.54, 1.807) is 30.6 Å². The minimum absolute atomic E-state index is 0.0793. The first kappa shape index (κ1) is 21.5. The number of nitrogens with one attached hydrogen (secondary N) is 1. The highest BCUT2D eigenvalue weighted by molar-refractivity contribution is 5.91. The van der Waals surface area contributed by atoms with Gasteiger partial charge >= 0.3 is 12.2 Å². The summed E-state index contributed by atoms with van der Waals surface area (Å²) in [6.45, 7) is 3.41. The van der Waals surface area contributed by atoms with E-state index in [2.05, 4.69) is 15.5 Å². The summed E-state index contributed by atoms with van der Waals surface area (Å²) in [5.74, 6) is 1.70. The molecule has 32 heavy (non-hydrogen) atoms. The fourth-order valence-corrected chi connectivity index (χ4v) is 3.22. The maximum atomic E-state index is 13.3. The first-order valence-electron chi connectivity index (χ1n) is 9.88. The molecule has 1 aromatic heterocycles. The molecule has 2 amide bonds. The normalized spacial score (nSPS) is 13.4. The third-order valence-corrected chi connectivity index (χ3v) is 4.84. The highest BCUT2D eigenvalue weighted by Gasteiger charge is 2.32. The number of hydrogen-bond acceptors (Lipinski definition) is 5. The second-order valence-corrected chi connectivity index (χ2v) is 7.01. The van der Waals surface area contributed by atoms with Gasteiger partial charge in [0.2, 0.25) is 0 Å². The molecule has 2 heterocycles. The Hall–Kier alpha value is -3.76. The third kappa shape index (κ3) is 4.76. The number of nitrogens with zero attached hydrogens (tertiary/aromatic N) is 4. The fourth-order valence-electron chi connectivity index (χ4n) is 3.22. The number of anilines is 1. The molecule has 0 radical (unpaired) electrons. The van der Waals surface area contributed by atoms with E-state index in [0.29, 0.717) is 37.0 Å². The lowest BCUT2D eigenvalue weighted by Gasteiger charge is -2.27. The van der Waals surface area contributed by atoms with Gasteiger partial charge < -0.3 is 24.3 Å². The van der Waals surface area contributed by atoms with Gasteiger partial charge in [-0.2, -0.15) is 13.2 Å². The lowest BCUT2D eigenvalue weighted by Crippen LogP contribution is -2.40. The lowest BCUT2D eigenvalue weighted by molar-refractivity contribution is -0.137. The number of fused-ring (bicyclic) bond motifs is 1. The van der Waals surface area contributed by atoms with Crippen LogP contribution in [0.1, 0.15) is 18.3 Å². The molecule has 1 aliphatic rings. The standard InChI is InChI=1S/C21H20F3N5O3/c1-2-31-15-4-6-16(7-5-15)32-18-8-3-14(21(22,23)24)11-17(18)26-20(30)28-9-10-29-13-25-27-19(29)12-28/h3-8,11,13H,2,9-10,12H2,1H3,(H,26,30). The largest absolute Gasteiger partial charge is 0.494 e. The van der Waals surface area contributed by atoms with Crippen LogP contribution in [0, 0.1) is 0 Å². The fraction of sp³-hybridized carbons (Fsp3) is 0.286. The Kier molecular flexibility index (Phi) is 5.89. The SMILES string of the molecule is CCOc1ccc(Oc2ccc(C(F)(F)F)cc2NC(=O)N2CCn3cnnc3C2)cc1. The first-order chi connectivity index (χ1) is 15.3. The van der Waals surface area contributed by atoms with Crippen molar-refractivity contribution in [1.29, 1.82) is 0 Å². The Morgan fingerprint density at radius 3 is 2.59 bits per heavy atom. The molecule has 1 aliphatic heterocycles. The minimum Gasteiger partial charge on any atom is -0.494 e. The number of halogens is 3. The average Bonchev–Trinajstić information content (AvgIpc) is 3.23. The van der Waals surface area contributed by atoms with Crippen LogP contribution in [-0.4, -0.2) is 38.8 Å². The maximum absolute atomic E-state index is 13.3. The second kappa shape index (κ2) is 8.77. The third-order valence-electron chi connectivity index (χ3n) is 4.84. The number of hydrogen-bond donors (Lipinski definition) is 1. The summed E-state index contributed by atoms with van der Waals surface area (Å²) in [6.07, 6.45) is -3.00. The van der Waals surface area contributed by atoms with Gasteiger partial charge in [0.05, 0.1) is 24.4 Å². The second-order valence-electron chi connectivity index (χ2n) is 7.01. The highest BCUT2D eigenvalue weighted by atomic mass is 19.4. The molecule has 0 unspecified atom stereocenters. The number of aromatic nitrogens is 3. The molecule has 0 aliphatic carbocycles. The predicted octanol–water partition coefficient (Wildman–Crippen LogP) is 4.54. The number of carbonyl (C=O) groups excluding carboxylic acids is 1. The number of urea groups is 1. The van der Waals surface area contributed by atoms with Crippen LogP contribution in [0.5, 0.6) is 17.2 Å². The van der Waals surface area contributed by atoms with Gasteiger partial charge in [0, 0.05) is 13.1 Å². The summed E-state index contributed by atoms with van der Waals surface area (Å²) < 4.78 is 52.8. The molecule has 8 nitrogen and oxygen atoms in total. The number of benzene rings is 2. The van der Waals surface area contributed by atoms with E-state index in [9.17, 15) is 18.0 Å². The van der Waals surface area contributed by atoms with Crippen molar-refractivity contribution in [3.8, 4) is 17.2 Å². The Bertz CT molecular complexity index is 1100. The van der Waals surface area contributed by atoms with Crippen LogP contribution in [0.15, 0.2) is 48.8 Å². The zero-order valence-electron chi connectivity index (χ0n) is 17.1. The van der Waals surface area contributed by atoms with E-state index in [1.165, 1.54) is 11.0 Å². The van der Waals surface area contributed by atoms with E-state index in [1.807, 2.05) is 11.5 Å². The zero-order chi connectivity index (χ0) is 22.7. The molecule has 1 N–H and O–H groups in total. The minimum atomic E-state index is -4.57. The monoisotopic (exact) mass is 447 g/mol. The van der Waals surface area contributed by atoms with Gasteiger partial charge in [-0.25, -0.2) is 4.79 Å². The summed E-state index contributed by atoms with van der Waals surface area (Å²) in [5.41, 5.74) is -0.990. The predicted molar refractivity (Wildman–Crippen MR) is 109 cm³/mol. The number of carbonyl (C=O) groups is 1. The van der Waals surface area contributed by atoms with Gasteiger partial charge in [0.25, 0.3) is 0 Å². The van der Waals surface area contributed by atoms with Gasteiger partial charge in [-0.15, -0.1) is 10.2 Å². The number of alkyl halides is 3. The molecule has 3 aromatic rings. The van der Waals surface area contributed by atoms with Crippen molar-refractivity contribution >= 4 is 11.7 Å². The van der Waals surface area contributed by atoms with Crippen molar-refractivity contribution in [3.05, 3.63) is 60.2 Å².